The average molecular weight is 436 g/mol. The summed E-state index contributed by atoms with van der Waals surface area (Å²) in [4.78, 5) is 40.2. The summed E-state index contributed by atoms with van der Waals surface area (Å²) in [5, 5.41) is 22.4. The van der Waals surface area contributed by atoms with E-state index in [0.29, 0.717) is 9.90 Å². The van der Waals surface area contributed by atoms with Crippen molar-refractivity contribution in [3.8, 4) is 0 Å². The lowest BCUT2D eigenvalue weighted by Gasteiger charge is -2.39. The molecular weight excluding hydrogens is 414 g/mol. The van der Waals surface area contributed by atoms with Gasteiger partial charge in [-0.05, 0) is 54.5 Å². The monoisotopic (exact) mass is 435 g/mol. The highest BCUT2D eigenvalue weighted by Crippen LogP contribution is 2.51. The molecule has 6 nitrogen and oxygen atoms in total. The highest BCUT2D eigenvalue weighted by Gasteiger charge is 2.61. The third kappa shape index (κ3) is 3.89. The maximum absolute atomic E-state index is 13.6. The first-order chi connectivity index (χ1) is 13.7. The van der Waals surface area contributed by atoms with Gasteiger partial charge in [-0.25, -0.2) is 4.79 Å². The molecule has 8 heteroatoms. The summed E-state index contributed by atoms with van der Waals surface area (Å²) in [6, 6.07) is 8.85. The minimum absolute atomic E-state index is 0.0526. The van der Waals surface area contributed by atoms with Gasteiger partial charge in [0.2, 0.25) is 0 Å². The van der Waals surface area contributed by atoms with E-state index >= 15 is 0 Å². The summed E-state index contributed by atoms with van der Waals surface area (Å²) in [7, 11) is 0. The molecule has 1 aliphatic rings. The van der Waals surface area contributed by atoms with E-state index in [1.54, 1.807) is 29.6 Å². The molecule has 0 spiro atoms. The molecular formula is C21H22ClNO5S. The van der Waals surface area contributed by atoms with E-state index < -0.39 is 35.3 Å². The van der Waals surface area contributed by atoms with Crippen LogP contribution in [0.5, 0.6) is 0 Å². The Labute approximate surface area is 177 Å². The Hall–Kier alpha value is -2.38. The average Bonchev–Trinajstić information content (AvgIpc) is 3.27. The normalized spacial score (nSPS) is 24.1. The van der Waals surface area contributed by atoms with E-state index in [1.165, 1.54) is 28.4 Å². The lowest BCUT2D eigenvalue weighted by atomic mass is 9.83. The topological polar surface area (TPSA) is 94.9 Å². The van der Waals surface area contributed by atoms with Gasteiger partial charge in [0.1, 0.15) is 5.54 Å². The van der Waals surface area contributed by atoms with Crippen LogP contribution in [0, 0.1) is 11.8 Å². The molecule has 29 heavy (non-hydrogen) atoms. The number of carbonyl (C=O) groups is 3. The van der Waals surface area contributed by atoms with Crippen molar-refractivity contribution in [2.24, 2.45) is 11.8 Å². The molecule has 1 amide bonds. The molecule has 2 heterocycles. The molecule has 0 saturated carbocycles. The lowest BCUT2D eigenvalue weighted by Crippen LogP contribution is -2.54. The number of likely N-dealkylation sites (tertiary alicyclic amines) is 1. The fourth-order valence-corrected chi connectivity index (χ4v) is 5.22. The van der Waals surface area contributed by atoms with E-state index in [4.69, 9.17) is 11.6 Å². The number of hydrogen-bond donors (Lipinski definition) is 2. The first-order valence-corrected chi connectivity index (χ1v) is 10.5. The van der Waals surface area contributed by atoms with Crippen LogP contribution in [0.1, 0.15) is 48.0 Å². The molecule has 154 valence electrons. The van der Waals surface area contributed by atoms with Crippen LogP contribution in [0.2, 0.25) is 5.02 Å². The molecule has 1 aliphatic heterocycles. The number of rotatable bonds is 6. The molecule has 1 saturated heterocycles. The number of hydrogen-bond acceptors (Lipinski definition) is 4. The van der Waals surface area contributed by atoms with Gasteiger partial charge < -0.3 is 15.1 Å². The molecule has 1 aromatic heterocycles. The molecule has 3 atom stereocenters. The van der Waals surface area contributed by atoms with Crippen molar-refractivity contribution in [3.05, 3.63) is 57.2 Å². The predicted molar refractivity (Wildman–Crippen MR) is 110 cm³/mol. The van der Waals surface area contributed by atoms with Gasteiger partial charge in [0.15, 0.2) is 0 Å². The van der Waals surface area contributed by atoms with Crippen LogP contribution in [0.25, 0.3) is 0 Å². The van der Waals surface area contributed by atoms with Crippen molar-refractivity contribution in [2.45, 2.75) is 38.3 Å². The van der Waals surface area contributed by atoms with Gasteiger partial charge in [-0.3, -0.25) is 9.59 Å². The summed E-state index contributed by atoms with van der Waals surface area (Å²) < 4.78 is 0. The Bertz CT molecular complexity index is 912. The molecule has 2 aromatic rings. The smallest absolute Gasteiger partial charge is 0.329 e. The predicted octanol–water partition coefficient (Wildman–Crippen LogP) is 4.56. The standard InChI is InChI=1S/C21H22ClNO5S/c1-12(2)10-21(20(27)28)11-15(19(25)26)17(16-4-3-9-29-16)23(21)18(24)13-5-7-14(22)8-6-13/h3-9,12,15,17H,10-11H2,1-2H3,(H,25,26)(H,27,28). The van der Waals surface area contributed by atoms with E-state index in [-0.39, 0.29) is 24.3 Å². The van der Waals surface area contributed by atoms with Gasteiger partial charge in [0, 0.05) is 15.5 Å². The molecule has 3 rings (SSSR count). The quantitative estimate of drug-likeness (QED) is 0.693. The van der Waals surface area contributed by atoms with Crippen LogP contribution in [-0.2, 0) is 9.59 Å². The van der Waals surface area contributed by atoms with Crippen molar-refractivity contribution >= 4 is 40.8 Å². The second-order valence-electron chi connectivity index (χ2n) is 7.73. The number of carboxylic acid groups (broad SMARTS) is 2. The number of halogens is 1. The van der Waals surface area contributed by atoms with Crippen molar-refractivity contribution in [3.63, 3.8) is 0 Å². The largest absolute Gasteiger partial charge is 0.481 e. The molecule has 0 bridgehead atoms. The molecule has 1 aromatic carbocycles. The maximum atomic E-state index is 13.6. The number of carboxylic acids is 2. The van der Waals surface area contributed by atoms with E-state index in [0.717, 1.165) is 0 Å². The van der Waals surface area contributed by atoms with Crippen molar-refractivity contribution < 1.29 is 24.6 Å². The first-order valence-electron chi connectivity index (χ1n) is 9.26. The van der Waals surface area contributed by atoms with Crippen molar-refractivity contribution in [1.82, 2.24) is 4.90 Å². The van der Waals surface area contributed by atoms with Gasteiger partial charge in [-0.2, -0.15) is 0 Å². The van der Waals surface area contributed by atoms with Gasteiger partial charge in [-0.1, -0.05) is 31.5 Å². The van der Waals surface area contributed by atoms with Gasteiger partial charge in [0.05, 0.1) is 12.0 Å². The van der Waals surface area contributed by atoms with E-state index in [9.17, 15) is 24.6 Å². The SMILES string of the molecule is CC(C)CC1(C(=O)O)CC(C(=O)O)C(c2cccs2)N1C(=O)c1ccc(Cl)cc1. The van der Waals surface area contributed by atoms with Gasteiger partial charge >= 0.3 is 11.9 Å². The summed E-state index contributed by atoms with van der Waals surface area (Å²) in [6.45, 7) is 3.73. The second-order valence-corrected chi connectivity index (χ2v) is 9.14. The summed E-state index contributed by atoms with van der Waals surface area (Å²) in [5.74, 6) is -3.86. The number of amides is 1. The molecule has 3 unspecified atom stereocenters. The van der Waals surface area contributed by atoms with Gasteiger partial charge in [-0.15, -0.1) is 11.3 Å². The highest BCUT2D eigenvalue weighted by molar-refractivity contribution is 7.10. The fourth-order valence-electron chi connectivity index (χ4n) is 4.21. The van der Waals surface area contributed by atoms with Crippen LogP contribution < -0.4 is 0 Å². The highest BCUT2D eigenvalue weighted by atomic mass is 35.5. The Kier molecular flexibility index (Phi) is 6.00. The van der Waals surface area contributed by atoms with Crippen LogP contribution in [0.15, 0.2) is 41.8 Å². The minimum atomic E-state index is -1.61. The molecule has 2 N–H and O–H groups in total. The molecule has 1 fully saturated rings. The fraction of sp³-hybridized carbons (Fsp3) is 0.381. The Morgan fingerprint density at radius 3 is 2.34 bits per heavy atom. The molecule has 0 aliphatic carbocycles. The number of aliphatic carboxylic acids is 2. The summed E-state index contributed by atoms with van der Waals surface area (Å²) >= 11 is 7.25. The third-order valence-corrected chi connectivity index (χ3v) is 6.48. The van der Waals surface area contributed by atoms with E-state index in [2.05, 4.69) is 0 Å². The number of nitrogens with zero attached hydrogens (tertiary/aromatic N) is 1. The van der Waals surface area contributed by atoms with Crippen LogP contribution in [0.3, 0.4) is 0 Å². The maximum Gasteiger partial charge on any atom is 0.329 e. The summed E-state index contributed by atoms with van der Waals surface area (Å²) in [6.07, 6.45) is 0.0189. The van der Waals surface area contributed by atoms with Crippen LogP contribution in [-0.4, -0.2) is 38.5 Å². The Balaban J connectivity index is 2.21. The Morgan fingerprint density at radius 1 is 1.21 bits per heavy atom. The van der Waals surface area contributed by atoms with E-state index in [1.807, 2.05) is 13.8 Å². The number of benzene rings is 1. The molecule has 0 radical (unpaired) electrons. The zero-order valence-corrected chi connectivity index (χ0v) is 17.6. The minimum Gasteiger partial charge on any atom is -0.481 e. The van der Waals surface area contributed by atoms with Crippen LogP contribution >= 0.6 is 22.9 Å². The third-order valence-electron chi connectivity index (χ3n) is 5.28. The summed E-state index contributed by atoms with van der Waals surface area (Å²) in [5.41, 5.74) is -1.33. The number of carbonyl (C=O) groups excluding carboxylic acids is 1. The zero-order valence-electron chi connectivity index (χ0n) is 16.0. The van der Waals surface area contributed by atoms with Crippen molar-refractivity contribution in [2.75, 3.05) is 0 Å². The zero-order chi connectivity index (χ0) is 21.3. The van der Waals surface area contributed by atoms with Crippen molar-refractivity contribution in [1.29, 1.82) is 0 Å². The first kappa shape index (κ1) is 21.3. The Morgan fingerprint density at radius 2 is 1.86 bits per heavy atom. The van der Waals surface area contributed by atoms with Gasteiger partial charge in [0.25, 0.3) is 5.91 Å². The van der Waals surface area contributed by atoms with Crippen LogP contribution in [0.4, 0.5) is 0 Å². The lowest BCUT2D eigenvalue weighted by molar-refractivity contribution is -0.150. The second kappa shape index (κ2) is 8.16. The number of thiophene rings is 1.